The second-order valence-corrected chi connectivity index (χ2v) is 10.7. The van der Waals surface area contributed by atoms with E-state index in [0.717, 1.165) is 6.92 Å². The molecular weight excluding hydrogens is 524 g/mol. The van der Waals surface area contributed by atoms with Gasteiger partial charge < -0.3 is 19.9 Å². The Bertz CT molecular complexity index is 1190. The molecule has 1 saturated heterocycles. The van der Waals surface area contributed by atoms with Crippen LogP contribution < -0.4 is 15.7 Å². The monoisotopic (exact) mass is 558 g/mol. The van der Waals surface area contributed by atoms with Crippen LogP contribution in [0.5, 0.6) is 0 Å². The average Bonchev–Trinajstić information content (AvgIpc) is 3.34. The quantitative estimate of drug-likeness (QED) is 0.233. The first-order valence-corrected chi connectivity index (χ1v) is 13.3. The topological polar surface area (TPSA) is 179 Å². The van der Waals surface area contributed by atoms with E-state index in [1.807, 2.05) is 0 Å². The van der Waals surface area contributed by atoms with E-state index in [9.17, 15) is 19.3 Å². The van der Waals surface area contributed by atoms with Gasteiger partial charge in [0.1, 0.15) is 24.9 Å². The lowest BCUT2D eigenvalue weighted by atomic mass is 9.98. The number of esters is 1. The van der Waals surface area contributed by atoms with Crippen molar-refractivity contribution in [2.24, 2.45) is 5.92 Å². The molecule has 38 heavy (non-hydrogen) atoms. The molecule has 1 fully saturated rings. The van der Waals surface area contributed by atoms with Gasteiger partial charge in [0.05, 0.1) is 12.4 Å². The molecule has 0 aromatic carbocycles. The molecule has 2 aromatic heterocycles. The number of aliphatic hydroxyl groups excluding tert-OH is 1. The molecule has 0 radical (unpaired) electrons. The number of carbonyl (C=O) groups excluding carboxylic acids is 2. The van der Waals surface area contributed by atoms with Gasteiger partial charge in [0.2, 0.25) is 11.9 Å². The third kappa shape index (κ3) is 6.41. The number of ether oxygens (including phenoxy) is 2. The van der Waals surface area contributed by atoms with Crippen molar-refractivity contribution in [1.29, 1.82) is 0 Å². The van der Waals surface area contributed by atoms with E-state index in [-0.39, 0.29) is 35.0 Å². The highest BCUT2D eigenvalue weighted by atomic mass is 31.1. The number of anilines is 2. The minimum absolute atomic E-state index is 0.0190. The zero-order chi connectivity index (χ0) is 28.4. The summed E-state index contributed by atoms with van der Waals surface area (Å²) in [6.07, 6.45) is -3.33. The number of carbonyl (C=O) groups is 2. The minimum atomic E-state index is -2.56. The third-order valence-corrected chi connectivity index (χ3v) is 6.73. The maximum absolute atomic E-state index is 15.8. The SMILES string of the molecule is CNc1nc(NC(=O)C(C)C)nc2c1ncn2[C@@H]1OC(CO[P+](=O)N[C@@H](C)C(=O)OC(C)C)[C@@H](O)[C@@]1(C)F. The van der Waals surface area contributed by atoms with E-state index < -0.39 is 50.9 Å². The summed E-state index contributed by atoms with van der Waals surface area (Å²) >= 11 is 0. The van der Waals surface area contributed by atoms with Crippen LogP contribution in [0.2, 0.25) is 0 Å². The Morgan fingerprint density at radius 3 is 2.58 bits per heavy atom. The van der Waals surface area contributed by atoms with Crippen LogP contribution in [0.25, 0.3) is 11.2 Å². The molecule has 210 valence electrons. The second kappa shape index (κ2) is 11.9. The van der Waals surface area contributed by atoms with Crippen LogP contribution in [0.3, 0.4) is 0 Å². The molecule has 1 aliphatic heterocycles. The number of halogens is 1. The summed E-state index contributed by atoms with van der Waals surface area (Å²) in [6, 6.07) is -0.918. The summed E-state index contributed by atoms with van der Waals surface area (Å²) in [4.78, 5) is 36.9. The summed E-state index contributed by atoms with van der Waals surface area (Å²) < 4.78 is 45.4. The lowest BCUT2D eigenvalue weighted by Crippen LogP contribution is -2.40. The molecule has 3 heterocycles. The fraction of sp³-hybridized carbons (Fsp3) is 0.682. The summed E-state index contributed by atoms with van der Waals surface area (Å²) in [5.41, 5.74) is -1.89. The molecule has 4 N–H and O–H groups in total. The lowest BCUT2D eigenvalue weighted by molar-refractivity contribution is -0.149. The number of alkyl halides is 1. The van der Waals surface area contributed by atoms with Crippen LogP contribution in [0, 0.1) is 5.92 Å². The molecule has 0 saturated carbocycles. The van der Waals surface area contributed by atoms with Crippen LogP contribution in [-0.2, 0) is 28.2 Å². The Morgan fingerprint density at radius 2 is 1.97 bits per heavy atom. The van der Waals surface area contributed by atoms with Crippen LogP contribution >= 0.6 is 8.18 Å². The van der Waals surface area contributed by atoms with Crippen molar-refractivity contribution in [2.45, 2.75) is 77.8 Å². The summed E-state index contributed by atoms with van der Waals surface area (Å²) in [5.74, 6) is -0.980. The van der Waals surface area contributed by atoms with E-state index in [4.69, 9.17) is 14.0 Å². The van der Waals surface area contributed by atoms with Crippen LogP contribution in [0.15, 0.2) is 6.33 Å². The molecule has 2 unspecified atom stereocenters. The van der Waals surface area contributed by atoms with Gasteiger partial charge in [0.15, 0.2) is 28.9 Å². The number of aliphatic hydroxyl groups is 1. The highest BCUT2D eigenvalue weighted by Gasteiger charge is 2.56. The van der Waals surface area contributed by atoms with Crippen molar-refractivity contribution in [1.82, 2.24) is 24.6 Å². The predicted octanol–water partition coefficient (Wildman–Crippen LogP) is 2.05. The maximum atomic E-state index is 15.8. The van der Waals surface area contributed by atoms with Crippen LogP contribution in [-0.4, -0.2) is 80.2 Å². The normalized spacial score (nSPS) is 24.6. The van der Waals surface area contributed by atoms with E-state index in [1.165, 1.54) is 17.8 Å². The van der Waals surface area contributed by atoms with Crippen molar-refractivity contribution < 1.29 is 37.6 Å². The highest BCUT2D eigenvalue weighted by molar-refractivity contribution is 7.36. The fourth-order valence-electron chi connectivity index (χ4n) is 3.65. The second-order valence-electron chi connectivity index (χ2n) is 9.63. The van der Waals surface area contributed by atoms with E-state index in [1.54, 1.807) is 34.7 Å². The van der Waals surface area contributed by atoms with Gasteiger partial charge in [-0.3, -0.25) is 19.5 Å². The average molecular weight is 559 g/mol. The number of aromatic nitrogens is 4. The molecule has 0 bridgehead atoms. The number of rotatable bonds is 11. The number of nitrogens with zero attached hydrogens (tertiary/aromatic N) is 4. The van der Waals surface area contributed by atoms with Gasteiger partial charge in [-0.15, -0.1) is 4.52 Å². The number of hydrogen-bond donors (Lipinski definition) is 4. The van der Waals surface area contributed by atoms with Gasteiger partial charge in [-0.2, -0.15) is 9.97 Å². The Labute approximate surface area is 220 Å². The van der Waals surface area contributed by atoms with Crippen molar-refractivity contribution in [3.8, 4) is 0 Å². The van der Waals surface area contributed by atoms with Crippen LogP contribution in [0.4, 0.5) is 16.2 Å². The van der Waals surface area contributed by atoms with Crippen molar-refractivity contribution in [2.75, 3.05) is 24.3 Å². The zero-order valence-electron chi connectivity index (χ0n) is 22.3. The Kier molecular flexibility index (Phi) is 9.31. The fourth-order valence-corrected chi connectivity index (χ4v) is 4.43. The molecule has 1 aliphatic rings. The van der Waals surface area contributed by atoms with E-state index in [0.29, 0.717) is 5.82 Å². The van der Waals surface area contributed by atoms with Gasteiger partial charge in [-0.05, 0) is 32.3 Å². The molecule has 0 spiro atoms. The number of fused-ring (bicyclic) bond motifs is 1. The van der Waals surface area contributed by atoms with Gasteiger partial charge in [-0.1, -0.05) is 18.9 Å². The summed E-state index contributed by atoms with van der Waals surface area (Å²) in [6.45, 7) is 8.96. The first-order valence-electron chi connectivity index (χ1n) is 12.1. The van der Waals surface area contributed by atoms with Crippen molar-refractivity contribution >= 4 is 43.0 Å². The number of imidazole rings is 1. The maximum Gasteiger partial charge on any atom is 0.613 e. The number of amides is 1. The number of hydrogen-bond acceptors (Lipinski definition) is 11. The molecule has 6 atom stereocenters. The largest absolute Gasteiger partial charge is 0.613 e. The summed E-state index contributed by atoms with van der Waals surface area (Å²) in [7, 11) is -0.952. The molecule has 0 aliphatic carbocycles. The highest BCUT2D eigenvalue weighted by Crippen LogP contribution is 2.43. The summed E-state index contributed by atoms with van der Waals surface area (Å²) in [5, 5.41) is 18.6. The molecule has 16 heteroatoms. The van der Waals surface area contributed by atoms with Gasteiger partial charge in [-0.25, -0.2) is 9.37 Å². The van der Waals surface area contributed by atoms with Gasteiger partial charge in [0, 0.05) is 13.0 Å². The first kappa shape index (κ1) is 29.7. The third-order valence-electron chi connectivity index (χ3n) is 5.75. The standard InChI is InChI=1S/C22H33FN7O7P/c1-10(2)18(32)28-21-26-16(24-7)14-17(27-21)30(9-25-14)20-22(6,23)15(31)13(37-20)8-35-38(34)29-12(5)19(33)36-11(3)4/h9-13,15,20,31H,8H2,1-7H3,(H2-,24,26,27,28,29,32,34)/p+1/t12-,13?,15+,20+,22+/m0/s1. The van der Waals surface area contributed by atoms with Gasteiger partial charge >= 0.3 is 14.1 Å². The van der Waals surface area contributed by atoms with Crippen molar-refractivity contribution in [3.05, 3.63) is 6.33 Å². The molecule has 3 rings (SSSR count). The molecular formula is C22H34FN7O7P+. The molecule has 14 nitrogen and oxygen atoms in total. The lowest BCUT2D eigenvalue weighted by Gasteiger charge is -2.24. The van der Waals surface area contributed by atoms with Gasteiger partial charge in [0.25, 0.3) is 0 Å². The minimum Gasteiger partial charge on any atom is -0.462 e. The van der Waals surface area contributed by atoms with Crippen molar-refractivity contribution in [3.63, 3.8) is 0 Å². The Hall–Kier alpha value is -2.84. The first-order chi connectivity index (χ1) is 17.8. The van der Waals surface area contributed by atoms with E-state index in [2.05, 4.69) is 30.7 Å². The smallest absolute Gasteiger partial charge is 0.462 e. The molecule has 1 amide bonds. The number of nitrogens with one attached hydrogen (secondary N) is 3. The Morgan fingerprint density at radius 1 is 1.29 bits per heavy atom. The predicted molar refractivity (Wildman–Crippen MR) is 135 cm³/mol. The molecule has 2 aromatic rings. The Balaban J connectivity index is 1.78. The van der Waals surface area contributed by atoms with E-state index >= 15 is 4.39 Å². The van der Waals surface area contributed by atoms with Crippen LogP contribution in [0.1, 0.15) is 47.8 Å². The zero-order valence-corrected chi connectivity index (χ0v) is 23.2.